The zero-order valence-corrected chi connectivity index (χ0v) is 13.7. The van der Waals surface area contributed by atoms with Gasteiger partial charge in [0.25, 0.3) is 0 Å². The van der Waals surface area contributed by atoms with Crippen molar-refractivity contribution in [1.29, 1.82) is 0 Å². The van der Waals surface area contributed by atoms with Crippen molar-refractivity contribution in [3.63, 3.8) is 0 Å². The average molecular weight is 300 g/mol. The summed E-state index contributed by atoms with van der Waals surface area (Å²) in [6.45, 7) is 9.14. The standard InChI is InChI=1S/C16H23Cl2N/c1-14(2)8-15(3,4)10-16(19,9-14)12-7-11(17)5-6-13(12)18/h5-7H,8-10,19H2,1-4H3. The minimum absolute atomic E-state index is 0.210. The van der Waals surface area contributed by atoms with Crippen LogP contribution in [0.25, 0.3) is 0 Å². The molecular weight excluding hydrogens is 277 g/mol. The minimum atomic E-state index is -0.396. The summed E-state index contributed by atoms with van der Waals surface area (Å²) in [4.78, 5) is 0. The Kier molecular flexibility index (Phi) is 3.71. The fourth-order valence-electron chi connectivity index (χ4n) is 4.26. The largest absolute Gasteiger partial charge is 0.321 e. The van der Waals surface area contributed by atoms with E-state index in [2.05, 4.69) is 27.7 Å². The van der Waals surface area contributed by atoms with E-state index in [1.54, 1.807) is 0 Å². The van der Waals surface area contributed by atoms with Gasteiger partial charge in [-0.15, -0.1) is 0 Å². The molecule has 0 bridgehead atoms. The number of hydrogen-bond donors (Lipinski definition) is 1. The maximum Gasteiger partial charge on any atom is 0.0457 e. The number of rotatable bonds is 1. The van der Waals surface area contributed by atoms with Gasteiger partial charge < -0.3 is 5.73 Å². The van der Waals surface area contributed by atoms with Crippen LogP contribution in [0.15, 0.2) is 18.2 Å². The Morgan fingerprint density at radius 1 is 0.947 bits per heavy atom. The maximum atomic E-state index is 6.76. The predicted molar refractivity (Wildman–Crippen MR) is 83.7 cm³/mol. The van der Waals surface area contributed by atoms with Crippen LogP contribution in [-0.4, -0.2) is 0 Å². The summed E-state index contributed by atoms with van der Waals surface area (Å²) in [6, 6.07) is 5.60. The Labute approximate surface area is 126 Å². The van der Waals surface area contributed by atoms with Crippen LogP contribution >= 0.6 is 23.2 Å². The molecule has 1 saturated carbocycles. The lowest BCUT2D eigenvalue weighted by atomic mass is 9.57. The first kappa shape index (κ1) is 15.2. The smallest absolute Gasteiger partial charge is 0.0457 e. The van der Waals surface area contributed by atoms with Crippen LogP contribution in [0.3, 0.4) is 0 Å². The van der Waals surface area contributed by atoms with Gasteiger partial charge in [0.15, 0.2) is 0 Å². The SMILES string of the molecule is CC1(C)CC(C)(C)CC(N)(c2cc(Cl)ccc2Cl)C1. The van der Waals surface area contributed by atoms with Crippen molar-refractivity contribution in [1.82, 2.24) is 0 Å². The summed E-state index contributed by atoms with van der Waals surface area (Å²) in [6.07, 6.45) is 3.05. The van der Waals surface area contributed by atoms with Gasteiger partial charge in [-0.25, -0.2) is 0 Å². The molecular formula is C16H23Cl2N. The van der Waals surface area contributed by atoms with Crippen LogP contribution in [0.4, 0.5) is 0 Å². The average Bonchev–Trinajstić information content (AvgIpc) is 2.16. The molecule has 0 spiro atoms. The van der Waals surface area contributed by atoms with Gasteiger partial charge in [0.05, 0.1) is 0 Å². The molecule has 1 aliphatic rings. The number of benzene rings is 1. The molecule has 1 fully saturated rings. The summed E-state index contributed by atoms with van der Waals surface area (Å²) in [5.74, 6) is 0. The Morgan fingerprint density at radius 3 is 2.00 bits per heavy atom. The van der Waals surface area contributed by atoms with Crippen molar-refractivity contribution in [2.75, 3.05) is 0 Å². The van der Waals surface area contributed by atoms with Crippen molar-refractivity contribution in [3.05, 3.63) is 33.8 Å². The van der Waals surface area contributed by atoms with Gasteiger partial charge in [-0.2, -0.15) is 0 Å². The zero-order chi connectivity index (χ0) is 14.5. The van der Waals surface area contributed by atoms with Crippen molar-refractivity contribution >= 4 is 23.2 Å². The molecule has 0 unspecified atom stereocenters. The Bertz CT molecular complexity index is 476. The molecule has 2 N–H and O–H groups in total. The van der Waals surface area contributed by atoms with E-state index in [-0.39, 0.29) is 10.8 Å². The van der Waals surface area contributed by atoms with Gasteiger partial charge in [-0.1, -0.05) is 50.9 Å². The monoisotopic (exact) mass is 299 g/mol. The number of halogens is 2. The third kappa shape index (κ3) is 3.26. The van der Waals surface area contributed by atoms with Crippen molar-refractivity contribution in [2.24, 2.45) is 16.6 Å². The third-order valence-corrected chi connectivity index (χ3v) is 4.57. The van der Waals surface area contributed by atoms with Crippen LogP contribution < -0.4 is 5.73 Å². The Hall–Kier alpha value is -0.240. The molecule has 0 radical (unpaired) electrons. The second-order valence-electron chi connectivity index (χ2n) is 7.64. The maximum absolute atomic E-state index is 6.76. The van der Waals surface area contributed by atoms with Crippen LogP contribution in [0, 0.1) is 10.8 Å². The molecule has 0 saturated heterocycles. The second-order valence-corrected chi connectivity index (χ2v) is 8.48. The molecule has 19 heavy (non-hydrogen) atoms. The van der Waals surface area contributed by atoms with Gasteiger partial charge >= 0.3 is 0 Å². The van der Waals surface area contributed by atoms with Gasteiger partial charge in [0.2, 0.25) is 0 Å². The van der Waals surface area contributed by atoms with E-state index in [0.717, 1.165) is 23.4 Å². The minimum Gasteiger partial charge on any atom is -0.321 e. The van der Waals surface area contributed by atoms with Crippen LogP contribution in [0.5, 0.6) is 0 Å². The first-order valence-corrected chi connectivity index (χ1v) is 7.53. The molecule has 0 aromatic heterocycles. The van der Waals surface area contributed by atoms with Crippen LogP contribution in [-0.2, 0) is 5.54 Å². The first-order valence-electron chi connectivity index (χ1n) is 6.78. The molecule has 0 amide bonds. The molecule has 2 rings (SSSR count). The molecule has 0 atom stereocenters. The van der Waals surface area contributed by atoms with E-state index in [4.69, 9.17) is 28.9 Å². The van der Waals surface area contributed by atoms with Crippen molar-refractivity contribution < 1.29 is 0 Å². The first-order chi connectivity index (χ1) is 8.53. The second kappa shape index (κ2) is 4.65. The van der Waals surface area contributed by atoms with Crippen LogP contribution in [0.2, 0.25) is 10.0 Å². The van der Waals surface area contributed by atoms with E-state index in [1.807, 2.05) is 18.2 Å². The number of nitrogens with two attached hydrogens (primary N) is 1. The van der Waals surface area contributed by atoms with E-state index < -0.39 is 5.54 Å². The molecule has 0 heterocycles. The van der Waals surface area contributed by atoms with Crippen LogP contribution in [0.1, 0.15) is 52.5 Å². The quantitative estimate of drug-likeness (QED) is 0.740. The highest BCUT2D eigenvalue weighted by molar-refractivity contribution is 6.33. The molecule has 1 aromatic rings. The highest BCUT2D eigenvalue weighted by Crippen LogP contribution is 2.53. The van der Waals surface area contributed by atoms with E-state index >= 15 is 0 Å². The molecule has 1 aliphatic carbocycles. The Balaban J connectivity index is 2.49. The summed E-state index contributed by atoms with van der Waals surface area (Å²) in [5.41, 5.74) is 7.77. The summed E-state index contributed by atoms with van der Waals surface area (Å²) in [5, 5.41) is 1.42. The normalized spacial score (nSPS) is 24.2. The van der Waals surface area contributed by atoms with Gasteiger partial charge in [0.1, 0.15) is 0 Å². The summed E-state index contributed by atoms with van der Waals surface area (Å²) >= 11 is 12.5. The highest BCUT2D eigenvalue weighted by atomic mass is 35.5. The lowest BCUT2D eigenvalue weighted by molar-refractivity contribution is 0.0471. The van der Waals surface area contributed by atoms with Crippen molar-refractivity contribution in [2.45, 2.75) is 52.5 Å². The van der Waals surface area contributed by atoms with Gasteiger partial charge in [0, 0.05) is 15.6 Å². The van der Waals surface area contributed by atoms with E-state index in [0.29, 0.717) is 5.02 Å². The van der Waals surface area contributed by atoms with E-state index in [9.17, 15) is 0 Å². The third-order valence-electron chi connectivity index (χ3n) is 4.01. The fourth-order valence-corrected chi connectivity index (χ4v) is 4.74. The lowest BCUT2D eigenvalue weighted by Gasteiger charge is -2.51. The van der Waals surface area contributed by atoms with Gasteiger partial charge in [-0.05, 0) is 53.9 Å². The molecule has 106 valence electrons. The highest BCUT2D eigenvalue weighted by Gasteiger charge is 2.46. The lowest BCUT2D eigenvalue weighted by Crippen LogP contribution is -2.50. The molecule has 3 heteroatoms. The number of hydrogen-bond acceptors (Lipinski definition) is 1. The zero-order valence-electron chi connectivity index (χ0n) is 12.2. The van der Waals surface area contributed by atoms with Gasteiger partial charge in [-0.3, -0.25) is 0 Å². The molecule has 0 aliphatic heterocycles. The summed E-state index contributed by atoms with van der Waals surface area (Å²) < 4.78 is 0. The Morgan fingerprint density at radius 2 is 1.47 bits per heavy atom. The predicted octanol–water partition coefficient (Wildman–Crippen LogP) is 5.38. The molecule has 1 aromatic carbocycles. The fraction of sp³-hybridized carbons (Fsp3) is 0.625. The molecule has 1 nitrogen and oxygen atoms in total. The van der Waals surface area contributed by atoms with Crippen molar-refractivity contribution in [3.8, 4) is 0 Å². The summed E-state index contributed by atoms with van der Waals surface area (Å²) in [7, 11) is 0. The van der Waals surface area contributed by atoms with E-state index in [1.165, 1.54) is 6.42 Å². The topological polar surface area (TPSA) is 26.0 Å².